The number of anilines is 2. The first-order chi connectivity index (χ1) is 9.28. The number of hydrogen-bond acceptors (Lipinski definition) is 5. The Morgan fingerprint density at radius 3 is 3.05 bits per heavy atom. The molecule has 1 aromatic carbocycles. The molecule has 0 spiro atoms. The zero-order valence-electron chi connectivity index (χ0n) is 10.1. The number of hydrogen-bond donors (Lipinski definition) is 1. The molecule has 0 atom stereocenters. The van der Waals surface area contributed by atoms with E-state index >= 15 is 0 Å². The van der Waals surface area contributed by atoms with Crippen LogP contribution in [0.25, 0.3) is 11.1 Å². The maximum Gasteiger partial charge on any atom is 0.200 e. The topological polar surface area (TPSA) is 60.2 Å². The summed E-state index contributed by atoms with van der Waals surface area (Å²) in [7, 11) is 1.41. The van der Waals surface area contributed by atoms with Crippen molar-refractivity contribution in [2.24, 2.45) is 0 Å². The van der Waals surface area contributed by atoms with Crippen LogP contribution < -0.4 is 10.1 Å². The maximum atomic E-state index is 13.3. The zero-order chi connectivity index (χ0) is 13.2. The number of halogens is 1. The molecule has 3 aromatic rings. The molecule has 0 fully saturated rings. The fraction of sp³-hybridized carbons (Fsp3) is 0.0769. The van der Waals surface area contributed by atoms with E-state index in [-0.39, 0.29) is 5.75 Å². The van der Waals surface area contributed by atoms with E-state index in [1.54, 1.807) is 30.5 Å². The third-order valence-corrected chi connectivity index (χ3v) is 2.64. The molecule has 0 radical (unpaired) electrons. The van der Waals surface area contributed by atoms with E-state index < -0.39 is 5.82 Å². The van der Waals surface area contributed by atoms with Crippen molar-refractivity contribution in [2.45, 2.75) is 0 Å². The minimum atomic E-state index is -0.420. The van der Waals surface area contributed by atoms with Crippen molar-refractivity contribution in [2.75, 3.05) is 12.4 Å². The van der Waals surface area contributed by atoms with Crippen molar-refractivity contribution >= 4 is 22.6 Å². The largest absolute Gasteiger partial charge is 0.494 e. The lowest BCUT2D eigenvalue weighted by atomic mass is 10.3. The van der Waals surface area contributed by atoms with Gasteiger partial charge in [-0.3, -0.25) is 0 Å². The predicted molar refractivity (Wildman–Crippen MR) is 68.0 cm³/mol. The average molecular weight is 259 g/mol. The van der Waals surface area contributed by atoms with Crippen molar-refractivity contribution in [3.05, 3.63) is 42.3 Å². The first-order valence-electron chi connectivity index (χ1n) is 5.59. The average Bonchev–Trinajstić information content (AvgIpc) is 2.84. The third kappa shape index (κ3) is 2.08. The molecular formula is C13H10FN3O2. The number of nitrogens with one attached hydrogen (secondary N) is 1. The number of nitrogens with zero attached hydrogens (tertiary/aromatic N) is 2. The quantitative estimate of drug-likeness (QED) is 0.783. The highest BCUT2D eigenvalue weighted by Crippen LogP contribution is 2.27. The Morgan fingerprint density at radius 2 is 2.21 bits per heavy atom. The molecule has 96 valence electrons. The first-order valence-corrected chi connectivity index (χ1v) is 5.59. The molecule has 2 aromatic heterocycles. The molecule has 0 unspecified atom stereocenters. The van der Waals surface area contributed by atoms with Crippen LogP contribution in [0.1, 0.15) is 0 Å². The van der Waals surface area contributed by atoms with Gasteiger partial charge in [0.05, 0.1) is 7.11 Å². The smallest absolute Gasteiger partial charge is 0.200 e. The molecule has 0 amide bonds. The van der Waals surface area contributed by atoms with Gasteiger partial charge in [0, 0.05) is 18.0 Å². The Balaban J connectivity index is 1.97. The fourth-order valence-electron chi connectivity index (χ4n) is 1.74. The van der Waals surface area contributed by atoms with Gasteiger partial charge in [-0.25, -0.2) is 9.37 Å². The molecule has 3 rings (SSSR count). The van der Waals surface area contributed by atoms with Crippen LogP contribution in [-0.2, 0) is 0 Å². The SMILES string of the molecule is COc1cc(Nc2noc3cccnc23)ccc1F. The van der Waals surface area contributed by atoms with Crippen LogP contribution in [0.4, 0.5) is 15.9 Å². The van der Waals surface area contributed by atoms with Crippen molar-refractivity contribution in [1.29, 1.82) is 0 Å². The number of benzene rings is 1. The Morgan fingerprint density at radius 1 is 1.32 bits per heavy atom. The zero-order valence-corrected chi connectivity index (χ0v) is 10.1. The molecule has 19 heavy (non-hydrogen) atoms. The lowest BCUT2D eigenvalue weighted by molar-refractivity contribution is 0.387. The summed E-state index contributed by atoms with van der Waals surface area (Å²) in [6, 6.07) is 7.97. The molecule has 0 saturated heterocycles. The number of pyridine rings is 1. The number of methoxy groups -OCH3 is 1. The van der Waals surface area contributed by atoms with Crippen LogP contribution in [0.5, 0.6) is 5.75 Å². The van der Waals surface area contributed by atoms with Crippen LogP contribution in [-0.4, -0.2) is 17.3 Å². The summed E-state index contributed by atoms with van der Waals surface area (Å²) in [4.78, 5) is 4.17. The van der Waals surface area contributed by atoms with Crippen LogP contribution in [0.15, 0.2) is 41.1 Å². The van der Waals surface area contributed by atoms with E-state index in [0.29, 0.717) is 22.6 Å². The first kappa shape index (κ1) is 11.5. The van der Waals surface area contributed by atoms with Crippen LogP contribution in [0, 0.1) is 5.82 Å². The Hall–Kier alpha value is -2.63. The summed E-state index contributed by atoms with van der Waals surface area (Å²) < 4.78 is 23.3. The van der Waals surface area contributed by atoms with Crippen LogP contribution >= 0.6 is 0 Å². The Bertz CT molecular complexity index is 727. The maximum absolute atomic E-state index is 13.3. The Kier molecular flexibility index (Phi) is 2.75. The van der Waals surface area contributed by atoms with Gasteiger partial charge in [-0.15, -0.1) is 0 Å². The number of rotatable bonds is 3. The minimum absolute atomic E-state index is 0.158. The fourth-order valence-corrected chi connectivity index (χ4v) is 1.74. The molecule has 6 heteroatoms. The van der Waals surface area contributed by atoms with E-state index in [2.05, 4.69) is 15.5 Å². The van der Waals surface area contributed by atoms with Gasteiger partial charge in [0.15, 0.2) is 22.7 Å². The van der Waals surface area contributed by atoms with Gasteiger partial charge >= 0.3 is 0 Å². The van der Waals surface area contributed by atoms with Gasteiger partial charge < -0.3 is 14.6 Å². The van der Waals surface area contributed by atoms with Gasteiger partial charge in [0.1, 0.15) is 0 Å². The van der Waals surface area contributed by atoms with Gasteiger partial charge in [0.25, 0.3) is 0 Å². The summed E-state index contributed by atoms with van der Waals surface area (Å²) in [5, 5.41) is 6.90. The van der Waals surface area contributed by atoms with E-state index in [1.807, 2.05) is 0 Å². The van der Waals surface area contributed by atoms with E-state index in [4.69, 9.17) is 9.26 Å². The lowest BCUT2D eigenvalue weighted by Gasteiger charge is -2.06. The highest BCUT2D eigenvalue weighted by atomic mass is 19.1. The lowest BCUT2D eigenvalue weighted by Crippen LogP contribution is -1.94. The normalized spacial score (nSPS) is 10.6. The second-order valence-corrected chi connectivity index (χ2v) is 3.86. The number of ether oxygens (including phenoxy) is 1. The molecule has 0 aliphatic carbocycles. The monoisotopic (exact) mass is 259 g/mol. The molecule has 0 aliphatic heterocycles. The van der Waals surface area contributed by atoms with Crippen molar-refractivity contribution in [3.8, 4) is 5.75 Å². The van der Waals surface area contributed by atoms with Crippen molar-refractivity contribution in [3.63, 3.8) is 0 Å². The molecule has 1 N–H and O–H groups in total. The second kappa shape index (κ2) is 4.56. The van der Waals surface area contributed by atoms with Crippen molar-refractivity contribution in [1.82, 2.24) is 10.1 Å². The standard InChI is InChI=1S/C13H10FN3O2/c1-18-11-7-8(4-5-9(11)14)16-13-12-10(19-17-13)3-2-6-15-12/h2-7H,1H3,(H,16,17). The number of aromatic nitrogens is 2. The highest BCUT2D eigenvalue weighted by molar-refractivity contribution is 5.85. The summed E-state index contributed by atoms with van der Waals surface area (Å²) in [5.74, 6) is 0.214. The minimum Gasteiger partial charge on any atom is -0.494 e. The van der Waals surface area contributed by atoms with Gasteiger partial charge in [-0.1, -0.05) is 5.16 Å². The summed E-state index contributed by atoms with van der Waals surface area (Å²) in [5.41, 5.74) is 1.84. The summed E-state index contributed by atoms with van der Waals surface area (Å²) in [6.07, 6.45) is 1.65. The van der Waals surface area contributed by atoms with E-state index in [9.17, 15) is 4.39 Å². The number of fused-ring (bicyclic) bond motifs is 1. The third-order valence-electron chi connectivity index (χ3n) is 2.64. The predicted octanol–water partition coefficient (Wildman–Crippen LogP) is 3.11. The summed E-state index contributed by atoms with van der Waals surface area (Å²) in [6.45, 7) is 0. The molecule has 0 bridgehead atoms. The van der Waals surface area contributed by atoms with Gasteiger partial charge in [0.2, 0.25) is 5.82 Å². The van der Waals surface area contributed by atoms with E-state index in [0.717, 1.165) is 0 Å². The molecule has 2 heterocycles. The Labute approximate surface area is 108 Å². The van der Waals surface area contributed by atoms with Crippen LogP contribution in [0.3, 0.4) is 0 Å². The van der Waals surface area contributed by atoms with Gasteiger partial charge in [-0.2, -0.15) is 0 Å². The van der Waals surface area contributed by atoms with Crippen LogP contribution in [0.2, 0.25) is 0 Å². The molecule has 5 nitrogen and oxygen atoms in total. The summed E-state index contributed by atoms with van der Waals surface area (Å²) >= 11 is 0. The molecular weight excluding hydrogens is 249 g/mol. The van der Waals surface area contributed by atoms with Gasteiger partial charge in [-0.05, 0) is 24.3 Å². The molecule has 0 saturated carbocycles. The second-order valence-electron chi connectivity index (χ2n) is 3.86. The highest BCUT2D eigenvalue weighted by Gasteiger charge is 2.10. The van der Waals surface area contributed by atoms with Crippen molar-refractivity contribution < 1.29 is 13.7 Å². The van der Waals surface area contributed by atoms with E-state index in [1.165, 1.54) is 13.2 Å². The molecule has 0 aliphatic rings.